The van der Waals surface area contributed by atoms with Gasteiger partial charge >= 0.3 is 0 Å². The van der Waals surface area contributed by atoms with Crippen LogP contribution in [0.15, 0.2) is 4.90 Å². The van der Waals surface area contributed by atoms with Gasteiger partial charge in [-0.15, -0.1) is 0 Å². The molecule has 0 aliphatic heterocycles. The molecule has 0 bridgehead atoms. The normalized spacial score (nSPS) is 16.7. The number of nitrogens with two attached hydrogens (primary N) is 1. The lowest BCUT2D eigenvalue weighted by Gasteiger charge is -2.14. The van der Waals surface area contributed by atoms with Gasteiger partial charge in [0.2, 0.25) is 10.0 Å². The van der Waals surface area contributed by atoms with Crippen molar-refractivity contribution < 1.29 is 13.2 Å². The maximum atomic E-state index is 12.2. The third-order valence-corrected chi connectivity index (χ3v) is 5.02. The van der Waals surface area contributed by atoms with Crippen molar-refractivity contribution in [1.29, 1.82) is 0 Å². The van der Waals surface area contributed by atoms with Crippen LogP contribution in [0.3, 0.4) is 0 Å². The first-order valence-electron chi connectivity index (χ1n) is 7.21. The van der Waals surface area contributed by atoms with Crippen LogP contribution in [-0.4, -0.2) is 31.1 Å². The Hall–Kier alpha value is -1.41. The number of H-pyrrole nitrogens is 1. The molecule has 0 saturated heterocycles. The van der Waals surface area contributed by atoms with Crippen LogP contribution in [0.5, 0.6) is 0 Å². The molecule has 1 aliphatic rings. The van der Waals surface area contributed by atoms with E-state index in [2.05, 4.69) is 22.4 Å². The highest BCUT2D eigenvalue weighted by molar-refractivity contribution is 7.89. The predicted octanol–water partition coefficient (Wildman–Crippen LogP) is 0.930. The number of aromatic nitrogens is 2. The molecule has 1 aromatic heterocycles. The van der Waals surface area contributed by atoms with Crippen molar-refractivity contribution in [3.8, 4) is 0 Å². The van der Waals surface area contributed by atoms with E-state index >= 15 is 0 Å². The highest BCUT2D eigenvalue weighted by atomic mass is 32.2. The second kappa shape index (κ2) is 5.76. The first kappa shape index (κ1) is 16.0. The Bertz CT molecular complexity index is 632. The maximum absolute atomic E-state index is 12.2. The summed E-state index contributed by atoms with van der Waals surface area (Å²) in [7, 11) is -3.98. The van der Waals surface area contributed by atoms with E-state index in [1.165, 1.54) is 0 Å². The number of rotatable bonds is 7. The number of carbonyl (C=O) groups is 1. The molecule has 118 valence electrons. The van der Waals surface area contributed by atoms with E-state index in [0.717, 1.165) is 25.7 Å². The summed E-state index contributed by atoms with van der Waals surface area (Å²) in [5, 5.41) is 14.4. The third kappa shape index (κ3) is 3.44. The molecule has 2 rings (SSSR count). The van der Waals surface area contributed by atoms with E-state index in [1.54, 1.807) is 6.92 Å². The number of amides is 1. The zero-order valence-corrected chi connectivity index (χ0v) is 13.2. The second-order valence-electron chi connectivity index (χ2n) is 5.71. The molecule has 7 nitrogen and oxygen atoms in total. The molecule has 0 unspecified atom stereocenters. The highest BCUT2D eigenvalue weighted by Gasteiger charge is 2.41. The number of carbonyl (C=O) groups excluding carboxylic acids is 1. The van der Waals surface area contributed by atoms with Crippen LogP contribution in [0.1, 0.15) is 55.7 Å². The second-order valence-corrected chi connectivity index (χ2v) is 7.21. The predicted molar refractivity (Wildman–Crippen MR) is 78.2 cm³/mol. The van der Waals surface area contributed by atoms with Crippen LogP contribution < -0.4 is 10.5 Å². The van der Waals surface area contributed by atoms with Crippen molar-refractivity contribution in [1.82, 2.24) is 15.5 Å². The minimum atomic E-state index is -3.98. The molecule has 0 radical (unpaired) electrons. The molecule has 1 aliphatic carbocycles. The minimum Gasteiger partial charge on any atom is -0.350 e. The molecule has 0 spiro atoms. The van der Waals surface area contributed by atoms with Gasteiger partial charge in [0, 0.05) is 6.54 Å². The Balaban J connectivity index is 2.15. The molecule has 21 heavy (non-hydrogen) atoms. The maximum Gasteiger partial charge on any atom is 0.273 e. The van der Waals surface area contributed by atoms with Crippen molar-refractivity contribution in [3.05, 3.63) is 11.4 Å². The summed E-state index contributed by atoms with van der Waals surface area (Å²) in [6.45, 7) is 4.44. The molecule has 4 N–H and O–H groups in total. The number of nitrogens with one attached hydrogen (secondary N) is 2. The Labute approximate surface area is 124 Å². The van der Waals surface area contributed by atoms with Crippen LogP contribution in [0, 0.1) is 5.41 Å². The molecule has 0 aromatic carbocycles. The van der Waals surface area contributed by atoms with Gasteiger partial charge in [-0.3, -0.25) is 9.89 Å². The molecule has 8 heteroatoms. The average Bonchev–Trinajstić information content (AvgIpc) is 3.02. The molecule has 1 heterocycles. The van der Waals surface area contributed by atoms with Gasteiger partial charge in [0.15, 0.2) is 5.69 Å². The molecule has 1 aromatic rings. The van der Waals surface area contributed by atoms with E-state index in [1.807, 2.05) is 0 Å². The molecular formula is C13H22N4O3S. The van der Waals surface area contributed by atoms with E-state index < -0.39 is 15.9 Å². The van der Waals surface area contributed by atoms with Crippen LogP contribution >= 0.6 is 0 Å². The van der Waals surface area contributed by atoms with Crippen LogP contribution in [-0.2, 0) is 16.4 Å². The smallest absolute Gasteiger partial charge is 0.273 e. The van der Waals surface area contributed by atoms with Crippen molar-refractivity contribution in [2.24, 2.45) is 10.6 Å². The number of aromatic amines is 1. The summed E-state index contributed by atoms with van der Waals surface area (Å²) in [5.41, 5.74) is 0.412. The summed E-state index contributed by atoms with van der Waals surface area (Å²) >= 11 is 0. The quantitative estimate of drug-likeness (QED) is 0.693. The lowest BCUT2D eigenvalue weighted by atomic mass is 10.0. The zero-order valence-electron chi connectivity index (χ0n) is 12.4. The number of hydrogen-bond acceptors (Lipinski definition) is 4. The summed E-state index contributed by atoms with van der Waals surface area (Å²) in [6, 6.07) is 0. The van der Waals surface area contributed by atoms with Crippen molar-refractivity contribution in [2.45, 2.75) is 50.8 Å². The Morgan fingerprint density at radius 2 is 2.10 bits per heavy atom. The first-order valence-corrected chi connectivity index (χ1v) is 8.76. The van der Waals surface area contributed by atoms with Crippen molar-refractivity contribution >= 4 is 15.9 Å². The Morgan fingerprint density at radius 1 is 1.43 bits per heavy atom. The Morgan fingerprint density at radius 3 is 2.57 bits per heavy atom. The van der Waals surface area contributed by atoms with E-state index in [-0.39, 0.29) is 16.0 Å². The summed E-state index contributed by atoms with van der Waals surface area (Å²) in [4.78, 5) is 12.0. The first-order chi connectivity index (χ1) is 9.83. The van der Waals surface area contributed by atoms with Crippen molar-refractivity contribution in [2.75, 3.05) is 6.54 Å². The summed E-state index contributed by atoms with van der Waals surface area (Å²) in [5.74, 6) is -0.489. The van der Waals surface area contributed by atoms with Gasteiger partial charge in [0.1, 0.15) is 4.90 Å². The number of primary sulfonamides is 1. The highest BCUT2D eigenvalue weighted by Crippen LogP contribution is 2.48. The minimum absolute atomic E-state index is 0.137. The Kier molecular flexibility index (Phi) is 4.38. The number of aryl methyl sites for hydroxylation is 1. The number of hydrogen-bond donors (Lipinski definition) is 3. The lowest BCUT2D eigenvalue weighted by molar-refractivity contribution is 0.0935. The SMILES string of the molecule is CCCC1(CNC(=O)c2n[nH]c(CC)c2S(N)(=O)=O)CC1. The average molecular weight is 314 g/mol. The van der Waals surface area contributed by atoms with Crippen LogP contribution in [0.2, 0.25) is 0 Å². The van der Waals surface area contributed by atoms with Crippen LogP contribution in [0.25, 0.3) is 0 Å². The lowest BCUT2D eigenvalue weighted by Crippen LogP contribution is -2.32. The number of sulfonamides is 1. The van der Waals surface area contributed by atoms with Gasteiger partial charge in [-0.25, -0.2) is 13.6 Å². The molecular weight excluding hydrogens is 292 g/mol. The zero-order chi connectivity index (χ0) is 15.7. The fourth-order valence-corrected chi connectivity index (χ4v) is 3.58. The van der Waals surface area contributed by atoms with E-state index in [4.69, 9.17) is 5.14 Å². The monoisotopic (exact) mass is 314 g/mol. The fourth-order valence-electron chi connectivity index (χ4n) is 2.64. The van der Waals surface area contributed by atoms with E-state index in [9.17, 15) is 13.2 Å². The van der Waals surface area contributed by atoms with Crippen LogP contribution in [0.4, 0.5) is 0 Å². The fraction of sp³-hybridized carbons (Fsp3) is 0.692. The summed E-state index contributed by atoms with van der Waals surface area (Å²) < 4.78 is 23.3. The largest absolute Gasteiger partial charge is 0.350 e. The van der Waals surface area contributed by atoms with Gasteiger partial charge in [-0.2, -0.15) is 5.10 Å². The molecule has 1 amide bonds. The molecule has 1 fully saturated rings. The standard InChI is InChI=1S/C13H22N4O3S/c1-3-5-13(6-7-13)8-15-12(18)10-11(21(14,19)20)9(4-2)16-17-10/h3-8H2,1-2H3,(H,15,18)(H,16,17)(H2,14,19,20). The molecule has 0 atom stereocenters. The van der Waals surface area contributed by atoms with E-state index in [0.29, 0.717) is 18.7 Å². The van der Waals surface area contributed by atoms with Gasteiger partial charge in [0.05, 0.1) is 5.69 Å². The summed E-state index contributed by atoms with van der Waals surface area (Å²) in [6.07, 6.45) is 4.75. The van der Waals surface area contributed by atoms with Gasteiger partial charge in [0.25, 0.3) is 5.91 Å². The number of nitrogens with zero attached hydrogens (tertiary/aromatic N) is 1. The molecule has 1 saturated carbocycles. The topological polar surface area (TPSA) is 118 Å². The third-order valence-electron chi connectivity index (χ3n) is 4.01. The van der Waals surface area contributed by atoms with Crippen molar-refractivity contribution in [3.63, 3.8) is 0 Å². The van der Waals surface area contributed by atoms with Gasteiger partial charge in [-0.05, 0) is 31.1 Å². The van der Waals surface area contributed by atoms with Gasteiger partial charge in [-0.1, -0.05) is 20.3 Å². The van der Waals surface area contributed by atoms with Gasteiger partial charge < -0.3 is 5.32 Å².